The van der Waals surface area contributed by atoms with Gasteiger partial charge in [0, 0.05) is 17.3 Å². The molecule has 0 radical (unpaired) electrons. The second-order valence-electron chi connectivity index (χ2n) is 3.93. The number of H-pyrrole nitrogens is 1. The van der Waals surface area contributed by atoms with Gasteiger partial charge in [-0.05, 0) is 24.3 Å². The summed E-state index contributed by atoms with van der Waals surface area (Å²) in [7, 11) is -3.86. The molecule has 0 aliphatic carbocycles. The fourth-order valence-corrected chi connectivity index (χ4v) is 2.45. The van der Waals surface area contributed by atoms with Crippen molar-refractivity contribution in [2.45, 2.75) is 5.03 Å². The van der Waals surface area contributed by atoms with E-state index in [-0.39, 0.29) is 16.3 Å². The zero-order valence-corrected chi connectivity index (χ0v) is 11.3. The molecule has 110 valence electrons. The number of nitrogens with one attached hydrogen (secondary N) is 2. The molecule has 1 heterocycles. The summed E-state index contributed by atoms with van der Waals surface area (Å²) in [6, 6.07) is 3.44. The van der Waals surface area contributed by atoms with E-state index in [1.807, 2.05) is 0 Å². The Bertz CT molecular complexity index is 785. The summed E-state index contributed by atoms with van der Waals surface area (Å²) < 4.78 is 39.6. The number of benzene rings is 1. The number of aliphatic carboxylic acids is 1. The number of imidazole rings is 1. The highest BCUT2D eigenvalue weighted by molar-refractivity contribution is 7.92. The Morgan fingerprint density at radius 2 is 2.19 bits per heavy atom. The van der Waals surface area contributed by atoms with Gasteiger partial charge in [-0.2, -0.15) is 8.42 Å². The smallest absolute Gasteiger partial charge is 0.328 e. The van der Waals surface area contributed by atoms with Crippen molar-refractivity contribution in [3.8, 4) is 0 Å². The molecular formula is C12H10FN3O4S. The van der Waals surface area contributed by atoms with Crippen LogP contribution in [0, 0.1) is 5.82 Å². The van der Waals surface area contributed by atoms with Crippen molar-refractivity contribution in [3.63, 3.8) is 0 Å². The first-order valence-corrected chi connectivity index (χ1v) is 7.08. The lowest BCUT2D eigenvalue weighted by atomic mass is 10.2. The van der Waals surface area contributed by atoms with Gasteiger partial charge in [0.15, 0.2) is 5.03 Å². The number of anilines is 1. The first-order valence-electron chi connectivity index (χ1n) is 5.60. The molecule has 0 amide bonds. The number of sulfonamides is 1. The maximum absolute atomic E-state index is 13.5. The highest BCUT2D eigenvalue weighted by atomic mass is 32.2. The normalized spacial score (nSPS) is 11.7. The van der Waals surface area contributed by atoms with Crippen molar-refractivity contribution in [2.75, 3.05) is 4.72 Å². The highest BCUT2D eigenvalue weighted by Gasteiger charge is 2.16. The van der Waals surface area contributed by atoms with E-state index in [0.717, 1.165) is 24.4 Å². The molecule has 1 aromatic heterocycles. The summed E-state index contributed by atoms with van der Waals surface area (Å²) in [4.78, 5) is 16.5. The van der Waals surface area contributed by atoms with Crippen molar-refractivity contribution in [2.24, 2.45) is 0 Å². The van der Waals surface area contributed by atoms with Gasteiger partial charge >= 0.3 is 5.97 Å². The molecule has 0 spiro atoms. The van der Waals surface area contributed by atoms with E-state index in [2.05, 4.69) is 14.7 Å². The van der Waals surface area contributed by atoms with Crippen LogP contribution in [0.25, 0.3) is 6.08 Å². The Morgan fingerprint density at radius 3 is 2.81 bits per heavy atom. The lowest BCUT2D eigenvalue weighted by Gasteiger charge is -2.07. The summed E-state index contributed by atoms with van der Waals surface area (Å²) in [5, 5.41) is 8.37. The van der Waals surface area contributed by atoms with Crippen molar-refractivity contribution >= 4 is 27.8 Å². The minimum absolute atomic E-state index is 0.0535. The lowest BCUT2D eigenvalue weighted by Crippen LogP contribution is -2.13. The van der Waals surface area contributed by atoms with Crippen molar-refractivity contribution < 1.29 is 22.7 Å². The maximum atomic E-state index is 13.5. The van der Waals surface area contributed by atoms with Crippen LogP contribution in [0.1, 0.15) is 5.56 Å². The largest absolute Gasteiger partial charge is 0.478 e. The van der Waals surface area contributed by atoms with Crippen LogP contribution in [0.15, 0.2) is 41.8 Å². The Balaban J connectivity index is 2.30. The van der Waals surface area contributed by atoms with E-state index in [1.54, 1.807) is 0 Å². The number of hydrogen-bond donors (Lipinski definition) is 3. The van der Waals surface area contributed by atoms with Crippen molar-refractivity contribution in [1.29, 1.82) is 0 Å². The van der Waals surface area contributed by atoms with Gasteiger partial charge in [-0.3, -0.25) is 4.72 Å². The summed E-state index contributed by atoms with van der Waals surface area (Å²) in [5.41, 5.74) is 0.0400. The molecule has 1 aromatic carbocycles. The molecule has 2 aromatic rings. The van der Waals surface area contributed by atoms with Gasteiger partial charge in [-0.1, -0.05) is 0 Å². The molecule has 0 aliphatic heterocycles. The molecule has 0 saturated carbocycles. The van der Waals surface area contributed by atoms with Gasteiger partial charge in [0.2, 0.25) is 0 Å². The van der Waals surface area contributed by atoms with Gasteiger partial charge < -0.3 is 10.1 Å². The number of nitrogens with zero attached hydrogens (tertiary/aromatic N) is 1. The number of halogens is 1. The highest BCUT2D eigenvalue weighted by Crippen LogP contribution is 2.19. The molecule has 2 rings (SSSR count). The van der Waals surface area contributed by atoms with Crippen LogP contribution < -0.4 is 4.72 Å². The monoisotopic (exact) mass is 311 g/mol. The molecule has 0 atom stereocenters. The fourth-order valence-electron chi connectivity index (χ4n) is 1.50. The number of carboxylic acids is 1. The molecule has 21 heavy (non-hydrogen) atoms. The van der Waals surface area contributed by atoms with Gasteiger partial charge in [-0.15, -0.1) is 0 Å². The predicted octanol–water partition coefficient (Wildman–Crippen LogP) is 1.45. The Hall–Kier alpha value is -2.68. The molecule has 3 N–H and O–H groups in total. The Kier molecular flexibility index (Phi) is 4.03. The third-order valence-electron chi connectivity index (χ3n) is 2.42. The number of aromatic nitrogens is 2. The SMILES string of the molecule is O=C(O)/C=C/c1cc(NS(=O)(=O)c2cnc[nH]2)ccc1F. The zero-order valence-electron chi connectivity index (χ0n) is 10.4. The second-order valence-corrected chi connectivity index (χ2v) is 5.58. The summed E-state index contributed by atoms with van der Waals surface area (Å²) in [6.07, 6.45) is 4.12. The second kappa shape index (κ2) is 5.75. The average molecular weight is 311 g/mol. The summed E-state index contributed by atoms with van der Waals surface area (Å²) in [6.45, 7) is 0. The van der Waals surface area contributed by atoms with E-state index in [9.17, 15) is 17.6 Å². The lowest BCUT2D eigenvalue weighted by molar-refractivity contribution is -0.131. The van der Waals surface area contributed by atoms with E-state index in [1.165, 1.54) is 18.5 Å². The summed E-state index contributed by atoms with van der Waals surface area (Å²) in [5.74, 6) is -1.91. The first-order chi connectivity index (χ1) is 9.88. The van der Waals surface area contributed by atoms with Crippen LogP contribution in [-0.2, 0) is 14.8 Å². The predicted molar refractivity (Wildman–Crippen MR) is 72.5 cm³/mol. The quantitative estimate of drug-likeness (QED) is 0.723. The van der Waals surface area contributed by atoms with Gasteiger partial charge in [0.1, 0.15) is 5.82 Å². The fraction of sp³-hybridized carbons (Fsp3) is 0. The van der Waals surface area contributed by atoms with Crippen LogP contribution in [-0.4, -0.2) is 29.5 Å². The minimum atomic E-state index is -3.86. The number of rotatable bonds is 5. The van der Waals surface area contributed by atoms with E-state index < -0.39 is 21.8 Å². The summed E-state index contributed by atoms with van der Waals surface area (Å²) >= 11 is 0. The van der Waals surface area contributed by atoms with Crippen LogP contribution in [0.4, 0.5) is 10.1 Å². The van der Waals surface area contributed by atoms with Crippen molar-refractivity contribution in [3.05, 3.63) is 48.2 Å². The van der Waals surface area contributed by atoms with Crippen LogP contribution in [0.2, 0.25) is 0 Å². The molecule has 7 nitrogen and oxygen atoms in total. The Morgan fingerprint density at radius 1 is 1.43 bits per heavy atom. The maximum Gasteiger partial charge on any atom is 0.328 e. The average Bonchev–Trinajstić information content (AvgIpc) is 2.93. The van der Waals surface area contributed by atoms with E-state index in [0.29, 0.717) is 0 Å². The molecular weight excluding hydrogens is 301 g/mol. The van der Waals surface area contributed by atoms with Crippen LogP contribution in [0.3, 0.4) is 0 Å². The number of aromatic amines is 1. The molecule has 0 saturated heterocycles. The third kappa shape index (κ3) is 3.66. The first kappa shape index (κ1) is 14.7. The number of carbonyl (C=O) groups is 1. The van der Waals surface area contributed by atoms with E-state index in [4.69, 9.17) is 5.11 Å². The molecule has 9 heteroatoms. The van der Waals surface area contributed by atoms with Gasteiger partial charge in [-0.25, -0.2) is 14.2 Å². The molecule has 0 bridgehead atoms. The molecule has 0 unspecified atom stereocenters. The number of carboxylic acid groups (broad SMARTS) is 1. The number of hydrogen-bond acceptors (Lipinski definition) is 4. The third-order valence-corrected chi connectivity index (χ3v) is 3.72. The topological polar surface area (TPSA) is 112 Å². The van der Waals surface area contributed by atoms with Crippen molar-refractivity contribution in [1.82, 2.24) is 9.97 Å². The standard InChI is InChI=1S/C12H10FN3O4S/c13-10-3-2-9(5-8(10)1-4-12(17)18)16-21(19,20)11-6-14-7-15-11/h1-7,16H,(H,14,15)(H,17,18)/b4-1+. The van der Waals surface area contributed by atoms with Crippen LogP contribution in [0.5, 0.6) is 0 Å². The van der Waals surface area contributed by atoms with Crippen LogP contribution >= 0.6 is 0 Å². The molecule has 0 aliphatic rings. The molecule has 0 fully saturated rings. The van der Waals surface area contributed by atoms with Gasteiger partial charge in [0.05, 0.1) is 12.5 Å². The zero-order chi connectivity index (χ0) is 15.5. The Labute approximate surface area is 119 Å². The minimum Gasteiger partial charge on any atom is -0.478 e. The van der Waals surface area contributed by atoms with Gasteiger partial charge in [0.25, 0.3) is 10.0 Å². The van der Waals surface area contributed by atoms with E-state index >= 15 is 0 Å².